The molecule has 0 aromatic rings. The molecule has 0 bridgehead atoms. The largest absolute Gasteiger partial charge is 0.480 e. The first kappa shape index (κ1) is 103. The zero-order valence-corrected chi connectivity index (χ0v) is 70.0. The molecule has 0 aliphatic carbocycles. The average molecular weight is 1660 g/mol. The van der Waals surface area contributed by atoms with Crippen molar-refractivity contribution in [2.24, 2.45) is 46.0 Å². The number of carbonyl (C=O) groups is 14. The number of carboxylic acids is 1. The van der Waals surface area contributed by atoms with Crippen molar-refractivity contribution >= 4 is 100 Å². The second kappa shape index (κ2) is 54.1. The van der Waals surface area contributed by atoms with Gasteiger partial charge in [0.2, 0.25) is 76.8 Å². The van der Waals surface area contributed by atoms with Gasteiger partial charge in [-0.3, -0.25) is 72.2 Å². The normalized spacial score (nSPS) is 19.8. The molecule has 2 saturated heterocycles. The van der Waals surface area contributed by atoms with Gasteiger partial charge in [0.25, 0.3) is 0 Å². The van der Waals surface area contributed by atoms with Gasteiger partial charge in [-0.1, -0.05) is 69.2 Å². The number of aliphatic hydroxyl groups is 4. The van der Waals surface area contributed by atoms with E-state index in [0.717, 1.165) is 16.7 Å². The van der Waals surface area contributed by atoms with Crippen LogP contribution in [0.4, 0.5) is 0 Å². The molecular formula is C74H140N20O20S+4. The lowest BCUT2D eigenvalue weighted by Crippen LogP contribution is -2.63. The van der Waals surface area contributed by atoms with E-state index in [2.05, 4.69) is 91.7 Å². The number of aliphatic hydroxyl groups excluding tert-OH is 4. The number of ether oxygens (including phenoxy) is 1. The maximum atomic E-state index is 14.8. The van der Waals surface area contributed by atoms with Gasteiger partial charge in [-0.2, -0.15) is 0 Å². The van der Waals surface area contributed by atoms with Crippen molar-refractivity contribution in [3.63, 3.8) is 0 Å². The molecule has 41 heteroatoms. The van der Waals surface area contributed by atoms with E-state index in [9.17, 15) is 92.7 Å². The van der Waals surface area contributed by atoms with E-state index in [1.807, 2.05) is 0 Å². The summed E-state index contributed by atoms with van der Waals surface area (Å²) in [5.41, 5.74) is 26.9. The molecule has 40 nitrogen and oxygen atoms in total. The summed E-state index contributed by atoms with van der Waals surface area (Å²) in [4.78, 5) is 200. The van der Waals surface area contributed by atoms with E-state index in [0.29, 0.717) is 84.0 Å². The minimum Gasteiger partial charge on any atom is -0.480 e. The summed E-state index contributed by atoms with van der Waals surface area (Å²) in [6, 6.07) is -15.5. The molecule has 0 spiro atoms. The molecule has 0 radical (unpaired) electrons. The van der Waals surface area contributed by atoms with Gasteiger partial charge in [0.1, 0.15) is 84.8 Å². The fourth-order valence-electron chi connectivity index (χ4n) is 12.8. The molecule has 0 saturated carbocycles. The number of carboxylic acid groups (broad SMARTS) is 1. The molecule has 2 aliphatic heterocycles. The van der Waals surface area contributed by atoms with Crippen LogP contribution in [0.15, 0.2) is 4.99 Å². The van der Waals surface area contributed by atoms with Crippen LogP contribution in [-0.4, -0.2) is 280 Å². The van der Waals surface area contributed by atoms with E-state index < -0.39 is 215 Å². The molecule has 2 fully saturated rings. The average Bonchev–Trinajstić information content (AvgIpc) is 1.37. The zero-order valence-electron chi connectivity index (χ0n) is 69.2. The number of nitrogens with two attached hydrogens (primary N) is 2. The Morgan fingerprint density at radius 2 is 0.800 bits per heavy atom. The number of guanidine groups is 1. The van der Waals surface area contributed by atoms with Crippen molar-refractivity contribution < 1.29 is 120 Å². The van der Waals surface area contributed by atoms with Crippen LogP contribution in [0.1, 0.15) is 185 Å². The number of amides is 13. The van der Waals surface area contributed by atoms with Crippen molar-refractivity contribution in [2.45, 2.75) is 288 Å². The number of hydrogen-bond acceptors (Lipinski definition) is 22. The third-order valence-corrected chi connectivity index (χ3v) is 21.0. The van der Waals surface area contributed by atoms with E-state index in [-0.39, 0.29) is 88.6 Å². The molecule has 115 heavy (non-hydrogen) atoms. The Morgan fingerprint density at radius 3 is 1.14 bits per heavy atom. The third kappa shape index (κ3) is 36.2. The molecule has 2 heterocycles. The van der Waals surface area contributed by atoms with Crippen LogP contribution >= 0.6 is 11.8 Å². The Kier molecular flexibility index (Phi) is 48.5. The second-order valence-corrected chi connectivity index (χ2v) is 32.5. The minimum absolute atomic E-state index is 0.000444. The number of imide groups is 1. The number of aliphatic imine (C=N–C) groups is 1. The van der Waals surface area contributed by atoms with Crippen LogP contribution in [-0.2, 0) is 71.9 Å². The summed E-state index contributed by atoms with van der Waals surface area (Å²) < 4.78 is 5.16. The summed E-state index contributed by atoms with van der Waals surface area (Å²) in [6.07, 6.45) is -1.48. The molecule has 2 rings (SSSR count). The Labute approximate surface area is 678 Å². The van der Waals surface area contributed by atoms with Gasteiger partial charge in [0.05, 0.1) is 44.1 Å². The van der Waals surface area contributed by atoms with Crippen LogP contribution in [0, 0.1) is 29.6 Å². The van der Waals surface area contributed by atoms with Gasteiger partial charge in [-0.05, 0) is 139 Å². The van der Waals surface area contributed by atoms with E-state index >= 15 is 0 Å². The molecule has 0 aromatic carbocycles. The van der Waals surface area contributed by atoms with Gasteiger partial charge in [0.15, 0.2) is 12.2 Å². The summed E-state index contributed by atoms with van der Waals surface area (Å²) in [5.74, 6) is -14.1. The predicted molar refractivity (Wildman–Crippen MR) is 424 cm³/mol. The number of hydrogen-bond donors (Lipinski definition) is 23. The van der Waals surface area contributed by atoms with Crippen LogP contribution in [0.2, 0.25) is 0 Å². The van der Waals surface area contributed by atoms with Crippen molar-refractivity contribution in [2.75, 3.05) is 58.2 Å². The highest BCUT2D eigenvalue weighted by atomic mass is 32.2. The van der Waals surface area contributed by atoms with Crippen molar-refractivity contribution in [3.05, 3.63) is 0 Å². The number of unbranched alkanes of at least 4 members (excludes halogenated alkanes) is 5. The fourth-order valence-corrected chi connectivity index (χ4v) is 14.0. The molecule has 0 aromatic heterocycles. The van der Waals surface area contributed by atoms with Crippen LogP contribution in [0.3, 0.4) is 0 Å². The standard InChI is InChI=1S/C74H136N20O20S/c1-38(2)53(83-43(11)96)68(107)93-57(42(9)10)70(109)91-54(39(3)4)66(105)88-46(25-14-18-30-77)63(102)85-44(23-12-16-28-75)61(100)84-45(24-13-17-29-76)62(101)87-48(27-22-33-82-74(79)80)64(103)86-47(26-15-19-31-78)65(104)90-56(41(7)8)69(108)92-55(40(5)6)67(106)89-49(72(111)112)37-115-51-35-52(97)94(71(51)110)34-21-20-32-81-58-60(99)59(98)50(36-95)114-73(58)113/h38-42,44-51,53-60,73,81,95,98-99,113H,12-37,75-78H2,1-11H3,(H,83,96)(H,84,100)(H,85,102)(H,86,103)(H,87,101)(H,88,105)(H,89,106)(H,90,104)(H,91,109)(H,92,108)(H,93,107)(H,111,112)(H4,79,80,82)/p+4/t44?,45?,46?,47?,48?,49?,50-,51?,53?,54?,55?,56?,57?,58-,59-,60-,73?/m1/s1. The number of likely N-dealkylation sites (tertiary alicyclic amines) is 1. The number of nitrogens with one attached hydrogen (secondary N) is 12. The maximum Gasteiger partial charge on any atom is 0.327 e. The maximum absolute atomic E-state index is 14.8. The first-order valence-electron chi connectivity index (χ1n) is 40.5. The quantitative estimate of drug-likeness (QED) is 0.0116. The lowest BCUT2D eigenvalue weighted by molar-refractivity contribution is -0.369. The smallest absolute Gasteiger partial charge is 0.327 e. The molecule has 13 amide bonds. The predicted octanol–water partition coefficient (Wildman–Crippen LogP) is -8.56. The van der Waals surface area contributed by atoms with Crippen LogP contribution in [0.5, 0.6) is 0 Å². The van der Waals surface area contributed by atoms with Crippen molar-refractivity contribution in [3.8, 4) is 0 Å². The summed E-state index contributed by atoms with van der Waals surface area (Å²) in [6.45, 7) is 19.4. The molecule has 13 unspecified atom stereocenters. The van der Waals surface area contributed by atoms with Gasteiger partial charge in [-0.15, -0.1) is 11.8 Å². The summed E-state index contributed by atoms with van der Waals surface area (Å²) in [7, 11) is 0. The number of aliphatic carboxylic acids is 1. The lowest BCUT2D eigenvalue weighted by atomic mass is 9.97. The summed E-state index contributed by atoms with van der Waals surface area (Å²) in [5, 5.41) is 82.3. The number of rotatable bonds is 57. The zero-order chi connectivity index (χ0) is 86.9. The fraction of sp³-hybridized carbons (Fsp3) is 0.797. The number of thioether (sulfide) groups is 1. The third-order valence-electron chi connectivity index (χ3n) is 19.7. The van der Waals surface area contributed by atoms with Crippen LogP contribution < -0.4 is 98.2 Å². The molecule has 658 valence electrons. The molecule has 33 N–H and O–H groups in total. The Hall–Kier alpha value is -8.00. The number of quaternary nitrogens is 4. The first-order chi connectivity index (χ1) is 54.2. The van der Waals surface area contributed by atoms with Gasteiger partial charge in [0, 0.05) is 32.2 Å². The monoisotopic (exact) mass is 1660 g/mol. The number of nitrogens with zero attached hydrogens (tertiary/aromatic N) is 2. The SMILES string of the molecule is CC(=O)NC(C(=O)NC(C(=O)NC(C(=O)NC(CCCC[NH3+])C(=O)NC(CCCC[NH3+])C(=O)NC(CCCC[NH3+])C(=O)NC(CCCN=C(N)N)C(=O)NC(CCCC[NH3+])C(=O)NC(C(=O)NC(C(=O)NC(CSC1CC(=O)N(CCCCN[C@H]2C(O)O[C@H](CO)[C@@H](O)[C@@H]2O)C1=O)C(=O)O)C(C)C)C(C)C)C(C)C)C(C)C)C(C)C. The highest BCUT2D eigenvalue weighted by molar-refractivity contribution is 8.00. The first-order valence-corrected chi connectivity index (χ1v) is 41.5. The topological polar surface area (TPSA) is 672 Å². The Bertz CT molecular complexity index is 3150. The van der Waals surface area contributed by atoms with E-state index in [1.165, 1.54) is 6.92 Å². The van der Waals surface area contributed by atoms with E-state index in [1.54, 1.807) is 69.2 Å². The summed E-state index contributed by atoms with van der Waals surface area (Å²) >= 11 is 0.844. The Balaban J connectivity index is 2.43. The number of carbonyl (C=O) groups excluding carboxylic acids is 13. The van der Waals surface area contributed by atoms with E-state index in [4.69, 9.17) is 16.2 Å². The van der Waals surface area contributed by atoms with Crippen molar-refractivity contribution in [1.82, 2.24) is 68.7 Å². The van der Waals surface area contributed by atoms with Crippen LogP contribution in [0.25, 0.3) is 0 Å². The minimum atomic E-state index is -1.62. The van der Waals surface area contributed by atoms with Gasteiger partial charge in [-0.25, -0.2) is 4.79 Å². The molecule has 2 aliphatic rings. The highest BCUT2D eigenvalue weighted by Crippen LogP contribution is 2.27. The van der Waals surface area contributed by atoms with Gasteiger partial charge < -0.3 is 128 Å². The molecular weight excluding hydrogens is 1520 g/mol. The molecule has 17 atom stereocenters. The second-order valence-electron chi connectivity index (χ2n) is 31.2. The Morgan fingerprint density at radius 1 is 0.470 bits per heavy atom. The van der Waals surface area contributed by atoms with Gasteiger partial charge >= 0.3 is 5.97 Å². The van der Waals surface area contributed by atoms with Crippen molar-refractivity contribution in [1.29, 1.82) is 0 Å². The highest BCUT2D eigenvalue weighted by Gasteiger charge is 2.45. The lowest BCUT2D eigenvalue weighted by Gasteiger charge is -2.40.